The molecule has 0 saturated carbocycles. The van der Waals surface area contributed by atoms with Gasteiger partial charge in [0.05, 0.1) is 10.6 Å². The molecular formula is C22H22N2O3S2. The van der Waals surface area contributed by atoms with Gasteiger partial charge in [0.2, 0.25) is 5.91 Å². The highest BCUT2D eigenvalue weighted by Crippen LogP contribution is 2.19. The molecule has 0 aromatic heterocycles. The van der Waals surface area contributed by atoms with Crippen LogP contribution in [0.2, 0.25) is 0 Å². The summed E-state index contributed by atoms with van der Waals surface area (Å²) in [6.45, 7) is 2.04. The van der Waals surface area contributed by atoms with E-state index in [2.05, 4.69) is 34.3 Å². The van der Waals surface area contributed by atoms with Crippen molar-refractivity contribution in [1.29, 1.82) is 0 Å². The highest BCUT2D eigenvalue weighted by atomic mass is 32.2. The van der Waals surface area contributed by atoms with E-state index in [1.807, 2.05) is 13.0 Å². The van der Waals surface area contributed by atoms with E-state index in [1.165, 1.54) is 35.0 Å². The molecular weight excluding hydrogens is 404 g/mol. The van der Waals surface area contributed by atoms with Gasteiger partial charge in [0, 0.05) is 17.1 Å². The summed E-state index contributed by atoms with van der Waals surface area (Å²) in [5.41, 5.74) is 3.44. The van der Waals surface area contributed by atoms with Crippen LogP contribution in [-0.2, 0) is 20.6 Å². The number of carbonyl (C=O) groups excluding carboxylic acids is 1. The molecule has 0 saturated heterocycles. The smallest absolute Gasteiger partial charge is 0.261 e. The van der Waals surface area contributed by atoms with Crippen LogP contribution in [0.25, 0.3) is 0 Å². The normalized spacial score (nSPS) is 11.1. The van der Waals surface area contributed by atoms with Crippen molar-refractivity contribution in [1.82, 2.24) is 0 Å². The fraction of sp³-hybridized carbons (Fsp3) is 0.136. The molecule has 1 amide bonds. The second-order valence-electron chi connectivity index (χ2n) is 6.52. The van der Waals surface area contributed by atoms with Crippen molar-refractivity contribution < 1.29 is 13.2 Å². The SMILES string of the molecule is Cc1ccc(CSCC(=O)Nc2ccc(S(=O)(=O)Nc3ccccc3)cc2)cc1. The van der Waals surface area contributed by atoms with Crippen molar-refractivity contribution in [3.63, 3.8) is 0 Å². The molecule has 5 nitrogen and oxygen atoms in total. The molecule has 0 spiro atoms. The van der Waals surface area contributed by atoms with Crippen LogP contribution in [0.3, 0.4) is 0 Å². The molecule has 29 heavy (non-hydrogen) atoms. The van der Waals surface area contributed by atoms with Crippen LogP contribution in [0.4, 0.5) is 11.4 Å². The first-order valence-corrected chi connectivity index (χ1v) is 11.7. The molecule has 2 N–H and O–H groups in total. The largest absolute Gasteiger partial charge is 0.325 e. The summed E-state index contributed by atoms with van der Waals surface area (Å²) in [5, 5.41) is 2.79. The lowest BCUT2D eigenvalue weighted by Gasteiger charge is -2.09. The van der Waals surface area contributed by atoms with E-state index >= 15 is 0 Å². The Hall–Kier alpha value is -2.77. The number of sulfonamides is 1. The van der Waals surface area contributed by atoms with Gasteiger partial charge in [-0.1, -0.05) is 48.0 Å². The zero-order chi connectivity index (χ0) is 20.7. The van der Waals surface area contributed by atoms with E-state index in [0.717, 1.165) is 5.75 Å². The first-order chi connectivity index (χ1) is 13.9. The topological polar surface area (TPSA) is 75.3 Å². The fourth-order valence-corrected chi connectivity index (χ4v) is 4.43. The van der Waals surface area contributed by atoms with Crippen LogP contribution >= 0.6 is 11.8 Å². The maximum atomic E-state index is 12.4. The predicted octanol–water partition coefficient (Wildman–Crippen LogP) is 4.67. The van der Waals surface area contributed by atoms with Gasteiger partial charge in [-0.25, -0.2) is 8.42 Å². The molecule has 0 aliphatic carbocycles. The van der Waals surface area contributed by atoms with E-state index in [1.54, 1.807) is 36.4 Å². The zero-order valence-corrected chi connectivity index (χ0v) is 17.6. The van der Waals surface area contributed by atoms with Crippen LogP contribution in [0.1, 0.15) is 11.1 Å². The molecule has 0 heterocycles. The van der Waals surface area contributed by atoms with Gasteiger partial charge in [-0.3, -0.25) is 9.52 Å². The summed E-state index contributed by atoms with van der Waals surface area (Å²) >= 11 is 1.53. The molecule has 3 aromatic rings. The molecule has 0 unspecified atom stereocenters. The Bertz CT molecular complexity index is 1050. The van der Waals surface area contributed by atoms with Gasteiger partial charge in [-0.05, 0) is 48.9 Å². The van der Waals surface area contributed by atoms with Gasteiger partial charge in [0.25, 0.3) is 10.0 Å². The van der Waals surface area contributed by atoms with E-state index in [4.69, 9.17) is 0 Å². The van der Waals surface area contributed by atoms with Crippen molar-refractivity contribution in [2.24, 2.45) is 0 Å². The van der Waals surface area contributed by atoms with E-state index in [9.17, 15) is 13.2 Å². The number of nitrogens with one attached hydrogen (secondary N) is 2. The number of hydrogen-bond donors (Lipinski definition) is 2. The summed E-state index contributed by atoms with van der Waals surface area (Å²) in [4.78, 5) is 12.2. The molecule has 0 atom stereocenters. The van der Waals surface area contributed by atoms with Crippen LogP contribution in [0.5, 0.6) is 0 Å². The number of thioether (sulfide) groups is 1. The summed E-state index contributed by atoms with van der Waals surface area (Å²) in [5.74, 6) is 0.958. The zero-order valence-electron chi connectivity index (χ0n) is 16.0. The minimum absolute atomic E-state index is 0.125. The number of rotatable bonds is 8. The lowest BCUT2D eigenvalue weighted by molar-refractivity contribution is -0.113. The van der Waals surface area contributed by atoms with Crippen molar-refractivity contribution in [2.45, 2.75) is 17.6 Å². The van der Waals surface area contributed by atoms with E-state index in [0.29, 0.717) is 17.1 Å². The Morgan fingerprint density at radius 2 is 1.52 bits per heavy atom. The van der Waals surface area contributed by atoms with Gasteiger partial charge in [-0.15, -0.1) is 11.8 Å². The Balaban J connectivity index is 1.51. The number of carbonyl (C=O) groups is 1. The van der Waals surface area contributed by atoms with Crippen LogP contribution in [0, 0.1) is 6.92 Å². The maximum Gasteiger partial charge on any atom is 0.261 e. The molecule has 0 aliphatic rings. The highest BCUT2D eigenvalue weighted by Gasteiger charge is 2.14. The third kappa shape index (κ3) is 6.37. The van der Waals surface area contributed by atoms with E-state index < -0.39 is 10.0 Å². The van der Waals surface area contributed by atoms with Gasteiger partial charge < -0.3 is 5.32 Å². The van der Waals surface area contributed by atoms with Crippen LogP contribution in [-0.4, -0.2) is 20.1 Å². The van der Waals surface area contributed by atoms with E-state index in [-0.39, 0.29) is 10.8 Å². The molecule has 0 bridgehead atoms. The fourth-order valence-electron chi connectivity index (χ4n) is 2.58. The first-order valence-electron chi connectivity index (χ1n) is 9.03. The molecule has 150 valence electrons. The Morgan fingerprint density at radius 3 is 2.17 bits per heavy atom. The number of anilines is 2. The van der Waals surface area contributed by atoms with Gasteiger partial charge in [0.15, 0.2) is 0 Å². The van der Waals surface area contributed by atoms with Crippen LogP contribution < -0.4 is 10.0 Å². The summed E-state index contributed by atoms with van der Waals surface area (Å²) in [7, 11) is -3.67. The summed E-state index contributed by atoms with van der Waals surface area (Å²) < 4.78 is 27.4. The van der Waals surface area contributed by atoms with Gasteiger partial charge >= 0.3 is 0 Å². The molecule has 3 aromatic carbocycles. The minimum atomic E-state index is -3.67. The maximum absolute atomic E-state index is 12.4. The number of benzene rings is 3. The average Bonchev–Trinajstić information content (AvgIpc) is 2.70. The Labute approximate surface area is 175 Å². The molecule has 3 rings (SSSR count). The van der Waals surface area contributed by atoms with Gasteiger partial charge in [0.1, 0.15) is 0 Å². The molecule has 0 radical (unpaired) electrons. The van der Waals surface area contributed by atoms with Gasteiger partial charge in [-0.2, -0.15) is 0 Å². The quantitative estimate of drug-likeness (QED) is 0.549. The second-order valence-corrected chi connectivity index (χ2v) is 9.19. The monoisotopic (exact) mass is 426 g/mol. The van der Waals surface area contributed by atoms with Crippen molar-refractivity contribution in [3.05, 3.63) is 90.0 Å². The third-order valence-corrected chi connectivity index (χ3v) is 6.50. The Kier molecular flexibility index (Phi) is 6.95. The summed E-state index contributed by atoms with van der Waals surface area (Å²) in [6.07, 6.45) is 0. The summed E-state index contributed by atoms with van der Waals surface area (Å²) in [6, 6.07) is 23.0. The second kappa shape index (κ2) is 9.62. The average molecular weight is 427 g/mol. The molecule has 0 aliphatic heterocycles. The van der Waals surface area contributed by atoms with Crippen molar-refractivity contribution in [2.75, 3.05) is 15.8 Å². The number of aryl methyl sites for hydroxylation is 1. The first kappa shape index (κ1) is 21.0. The lowest BCUT2D eigenvalue weighted by atomic mass is 10.2. The molecule has 0 fully saturated rings. The highest BCUT2D eigenvalue weighted by molar-refractivity contribution is 7.99. The molecule has 7 heteroatoms. The number of para-hydroxylation sites is 1. The lowest BCUT2D eigenvalue weighted by Crippen LogP contribution is -2.15. The Morgan fingerprint density at radius 1 is 0.862 bits per heavy atom. The third-order valence-electron chi connectivity index (χ3n) is 4.10. The van der Waals surface area contributed by atoms with Crippen LogP contribution in [0.15, 0.2) is 83.8 Å². The van der Waals surface area contributed by atoms with Crippen molar-refractivity contribution >= 4 is 39.1 Å². The predicted molar refractivity (Wildman–Crippen MR) is 120 cm³/mol. The standard InChI is InChI=1S/C22H22N2O3S2/c1-17-7-9-18(10-8-17)15-28-16-22(25)23-19-11-13-21(14-12-19)29(26,27)24-20-5-3-2-4-6-20/h2-14,24H,15-16H2,1H3,(H,23,25). The number of hydrogen-bond acceptors (Lipinski definition) is 4. The minimum Gasteiger partial charge on any atom is -0.325 e. The number of amides is 1. The van der Waals surface area contributed by atoms with Crippen molar-refractivity contribution in [3.8, 4) is 0 Å².